The molecule has 0 bridgehead atoms. The molecule has 4 rings (SSSR count). The van der Waals surface area contributed by atoms with Crippen LogP contribution in [0.2, 0.25) is 0 Å². The number of piperazine rings is 1. The molecule has 1 N–H and O–H groups in total. The summed E-state index contributed by atoms with van der Waals surface area (Å²) < 4.78 is 0. The summed E-state index contributed by atoms with van der Waals surface area (Å²) in [4.78, 5) is 4.81. The van der Waals surface area contributed by atoms with Crippen molar-refractivity contribution < 1.29 is 0 Å². The summed E-state index contributed by atoms with van der Waals surface area (Å²) in [5.41, 5.74) is 3.82. The number of rotatable bonds is 4. The third-order valence-electron chi connectivity index (χ3n) is 5.76. The van der Waals surface area contributed by atoms with E-state index in [-0.39, 0.29) is 0 Å². The number of nitrogens with zero attached hydrogens (tertiary/aromatic N) is 2. The van der Waals surface area contributed by atoms with Gasteiger partial charge in [-0.1, -0.05) is 68.4 Å². The topological polar surface area (TPSA) is 18.5 Å². The molecule has 0 amide bonds. The van der Waals surface area contributed by atoms with Gasteiger partial charge in [-0.25, -0.2) is 0 Å². The Labute approximate surface area is 179 Å². The minimum absolute atomic E-state index is 0.547. The summed E-state index contributed by atoms with van der Waals surface area (Å²) >= 11 is 5.67. The summed E-state index contributed by atoms with van der Waals surface area (Å²) in [6, 6.07) is 23.9. The third kappa shape index (κ3) is 4.77. The van der Waals surface area contributed by atoms with Crippen LogP contribution in [0.3, 0.4) is 0 Å². The molecule has 1 fully saturated rings. The highest BCUT2D eigenvalue weighted by atomic mass is 32.1. The van der Waals surface area contributed by atoms with Crippen molar-refractivity contribution in [3.05, 3.63) is 77.9 Å². The predicted octanol–water partition coefficient (Wildman–Crippen LogP) is 5.48. The largest absolute Gasteiger partial charge is 0.346 e. The molecule has 1 aliphatic heterocycles. The molecule has 3 nitrogen and oxygen atoms in total. The van der Waals surface area contributed by atoms with E-state index in [1.807, 2.05) is 0 Å². The molecule has 0 radical (unpaired) electrons. The maximum Gasteiger partial charge on any atom is 0.173 e. The summed E-state index contributed by atoms with van der Waals surface area (Å²) in [7, 11) is 0. The van der Waals surface area contributed by atoms with Gasteiger partial charge in [-0.05, 0) is 52.2 Å². The van der Waals surface area contributed by atoms with Gasteiger partial charge in [0.1, 0.15) is 0 Å². The summed E-state index contributed by atoms with van der Waals surface area (Å²) in [6.07, 6.45) is 0. The number of anilines is 1. The highest BCUT2D eigenvalue weighted by Gasteiger charge is 2.19. The van der Waals surface area contributed by atoms with E-state index < -0.39 is 0 Å². The van der Waals surface area contributed by atoms with Crippen LogP contribution < -0.4 is 5.32 Å². The maximum atomic E-state index is 5.67. The first-order valence-corrected chi connectivity index (χ1v) is 10.9. The van der Waals surface area contributed by atoms with Gasteiger partial charge >= 0.3 is 0 Å². The Bertz CT molecular complexity index is 968. The fourth-order valence-corrected chi connectivity index (χ4v) is 4.23. The van der Waals surface area contributed by atoms with Crippen LogP contribution >= 0.6 is 12.2 Å². The molecule has 1 saturated heterocycles. The van der Waals surface area contributed by atoms with Crippen molar-refractivity contribution in [3.63, 3.8) is 0 Å². The molecule has 3 aromatic rings. The van der Waals surface area contributed by atoms with Crippen LogP contribution in [0.1, 0.15) is 30.9 Å². The van der Waals surface area contributed by atoms with Crippen LogP contribution in [0.15, 0.2) is 66.7 Å². The molecule has 1 heterocycles. The standard InChI is InChI=1S/C25H29N3S/c1-19(2)20-10-12-23(13-11-20)26-25(29)28-16-14-27(15-17-28)18-22-8-5-7-21-6-3-4-9-24(21)22/h3-13,19H,14-18H2,1-2H3,(H,26,29). The van der Waals surface area contributed by atoms with Crippen molar-refractivity contribution in [2.75, 3.05) is 31.5 Å². The fraction of sp³-hybridized carbons (Fsp3) is 0.320. The zero-order chi connectivity index (χ0) is 20.2. The van der Waals surface area contributed by atoms with Crippen LogP contribution in [0.4, 0.5) is 5.69 Å². The minimum Gasteiger partial charge on any atom is -0.346 e. The highest BCUT2D eigenvalue weighted by molar-refractivity contribution is 7.80. The molecule has 3 aromatic carbocycles. The van der Waals surface area contributed by atoms with Crippen molar-refractivity contribution in [2.45, 2.75) is 26.3 Å². The number of hydrogen-bond donors (Lipinski definition) is 1. The van der Waals surface area contributed by atoms with E-state index in [4.69, 9.17) is 12.2 Å². The van der Waals surface area contributed by atoms with Gasteiger partial charge < -0.3 is 10.2 Å². The molecule has 0 aliphatic carbocycles. The van der Waals surface area contributed by atoms with Crippen molar-refractivity contribution in [2.24, 2.45) is 0 Å². The second-order valence-electron chi connectivity index (χ2n) is 8.11. The third-order valence-corrected chi connectivity index (χ3v) is 6.12. The van der Waals surface area contributed by atoms with Gasteiger partial charge in [0.25, 0.3) is 0 Å². The highest BCUT2D eigenvalue weighted by Crippen LogP contribution is 2.21. The van der Waals surface area contributed by atoms with Crippen LogP contribution in [0.25, 0.3) is 10.8 Å². The monoisotopic (exact) mass is 403 g/mol. The van der Waals surface area contributed by atoms with Gasteiger partial charge in [0.2, 0.25) is 0 Å². The molecule has 29 heavy (non-hydrogen) atoms. The van der Waals surface area contributed by atoms with E-state index in [0.717, 1.165) is 43.5 Å². The van der Waals surface area contributed by atoms with E-state index in [9.17, 15) is 0 Å². The average molecular weight is 404 g/mol. The molecule has 0 aromatic heterocycles. The molecule has 4 heteroatoms. The molecule has 0 unspecified atom stereocenters. The summed E-state index contributed by atoms with van der Waals surface area (Å²) in [5, 5.41) is 6.91. The van der Waals surface area contributed by atoms with Crippen LogP contribution in [0, 0.1) is 0 Å². The average Bonchev–Trinajstić information content (AvgIpc) is 2.75. The number of nitrogens with one attached hydrogen (secondary N) is 1. The van der Waals surface area contributed by atoms with Gasteiger partial charge in [-0.3, -0.25) is 4.90 Å². The molecule has 1 aliphatic rings. The Morgan fingerprint density at radius 2 is 1.59 bits per heavy atom. The van der Waals surface area contributed by atoms with Crippen LogP contribution in [-0.4, -0.2) is 41.1 Å². The van der Waals surface area contributed by atoms with Gasteiger partial charge in [0.15, 0.2) is 5.11 Å². The summed E-state index contributed by atoms with van der Waals surface area (Å²) in [6.45, 7) is 9.39. The molecule has 0 spiro atoms. The van der Waals surface area contributed by atoms with E-state index in [1.54, 1.807) is 0 Å². The Morgan fingerprint density at radius 1 is 0.897 bits per heavy atom. The first-order valence-electron chi connectivity index (χ1n) is 10.4. The van der Waals surface area contributed by atoms with Gasteiger partial charge in [0.05, 0.1) is 0 Å². The minimum atomic E-state index is 0.547. The smallest absolute Gasteiger partial charge is 0.173 e. The lowest BCUT2D eigenvalue weighted by Gasteiger charge is -2.36. The quantitative estimate of drug-likeness (QED) is 0.581. The van der Waals surface area contributed by atoms with Crippen LogP contribution in [-0.2, 0) is 6.54 Å². The Morgan fingerprint density at radius 3 is 2.31 bits per heavy atom. The lowest BCUT2D eigenvalue weighted by molar-refractivity contribution is 0.177. The van der Waals surface area contributed by atoms with Gasteiger partial charge in [0, 0.05) is 38.4 Å². The zero-order valence-electron chi connectivity index (χ0n) is 17.3. The number of benzene rings is 3. The van der Waals surface area contributed by atoms with Gasteiger partial charge in [-0.15, -0.1) is 0 Å². The Kier molecular flexibility index (Phi) is 6.12. The van der Waals surface area contributed by atoms with E-state index in [1.165, 1.54) is 21.9 Å². The number of hydrogen-bond acceptors (Lipinski definition) is 2. The molecular weight excluding hydrogens is 374 g/mol. The van der Waals surface area contributed by atoms with Crippen LogP contribution in [0.5, 0.6) is 0 Å². The second kappa shape index (κ2) is 8.93. The summed E-state index contributed by atoms with van der Waals surface area (Å²) in [5.74, 6) is 0.547. The molecule has 150 valence electrons. The van der Waals surface area contributed by atoms with Crippen molar-refractivity contribution in [1.82, 2.24) is 9.80 Å². The fourth-order valence-electron chi connectivity index (χ4n) is 3.93. The van der Waals surface area contributed by atoms with Crippen molar-refractivity contribution >= 4 is 33.8 Å². The predicted molar refractivity (Wildman–Crippen MR) is 128 cm³/mol. The molecule has 0 atom stereocenters. The normalized spacial score (nSPS) is 15.1. The Hall–Kier alpha value is -2.43. The number of thiocarbonyl (C=S) groups is 1. The zero-order valence-corrected chi connectivity index (χ0v) is 18.1. The van der Waals surface area contributed by atoms with E-state index >= 15 is 0 Å². The van der Waals surface area contributed by atoms with Crippen molar-refractivity contribution in [1.29, 1.82) is 0 Å². The maximum absolute atomic E-state index is 5.67. The van der Waals surface area contributed by atoms with Gasteiger partial charge in [-0.2, -0.15) is 0 Å². The second-order valence-corrected chi connectivity index (χ2v) is 8.50. The Balaban J connectivity index is 1.32. The number of fused-ring (bicyclic) bond motifs is 1. The lowest BCUT2D eigenvalue weighted by atomic mass is 10.0. The molecule has 0 saturated carbocycles. The molecular formula is C25H29N3S. The SMILES string of the molecule is CC(C)c1ccc(NC(=S)N2CCN(Cc3cccc4ccccc34)CC2)cc1. The first-order chi connectivity index (χ1) is 14.1. The van der Waals surface area contributed by atoms with Crippen molar-refractivity contribution in [3.8, 4) is 0 Å². The van der Waals surface area contributed by atoms with E-state index in [2.05, 4.69) is 95.7 Å². The first kappa shape index (κ1) is 19.9. The lowest BCUT2D eigenvalue weighted by Crippen LogP contribution is -2.49. The van der Waals surface area contributed by atoms with E-state index in [0.29, 0.717) is 5.92 Å².